The van der Waals surface area contributed by atoms with Gasteiger partial charge in [0.05, 0.1) is 12.7 Å². The summed E-state index contributed by atoms with van der Waals surface area (Å²) in [5, 5.41) is 0. The number of piperidine rings is 1. The predicted molar refractivity (Wildman–Crippen MR) is 76.9 cm³/mol. The van der Waals surface area contributed by atoms with Crippen LogP contribution in [0.2, 0.25) is 0 Å². The largest absolute Gasteiger partial charge is 0.465 e. The Balaban J connectivity index is 1.98. The van der Waals surface area contributed by atoms with Gasteiger partial charge in [-0.3, -0.25) is 4.79 Å². The molecule has 2 rings (SSSR count). The molecular formula is C13H24N2O5S. The maximum atomic E-state index is 12.4. The molecule has 0 bridgehead atoms. The molecule has 0 spiro atoms. The van der Waals surface area contributed by atoms with Crippen molar-refractivity contribution in [1.29, 1.82) is 0 Å². The number of hydrogen-bond donors (Lipinski definition) is 1. The van der Waals surface area contributed by atoms with Crippen LogP contribution in [0.15, 0.2) is 0 Å². The molecule has 0 saturated carbocycles. The molecule has 8 heteroatoms. The number of carbonyl (C=O) groups is 1. The van der Waals surface area contributed by atoms with Crippen LogP contribution in [0.1, 0.15) is 39.0 Å². The van der Waals surface area contributed by atoms with E-state index in [-0.39, 0.29) is 19.3 Å². The van der Waals surface area contributed by atoms with Gasteiger partial charge in [0, 0.05) is 19.7 Å². The Morgan fingerprint density at radius 3 is 2.81 bits per heavy atom. The molecule has 2 aliphatic heterocycles. The number of esters is 1. The lowest BCUT2D eigenvalue weighted by atomic mass is 10.1. The summed E-state index contributed by atoms with van der Waals surface area (Å²) >= 11 is 0. The highest BCUT2D eigenvalue weighted by molar-refractivity contribution is 7.87. The van der Waals surface area contributed by atoms with E-state index in [2.05, 4.69) is 4.72 Å². The molecule has 0 aromatic carbocycles. The minimum Gasteiger partial charge on any atom is -0.465 e. The number of nitrogens with zero attached hydrogens (tertiary/aromatic N) is 1. The predicted octanol–water partition coefficient (Wildman–Crippen LogP) is 0.417. The summed E-state index contributed by atoms with van der Waals surface area (Å²) in [7, 11) is -3.68. The van der Waals surface area contributed by atoms with E-state index in [9.17, 15) is 13.2 Å². The Hall–Kier alpha value is -0.700. The topological polar surface area (TPSA) is 84.9 Å². The molecule has 2 saturated heterocycles. The molecule has 2 unspecified atom stereocenters. The van der Waals surface area contributed by atoms with Crippen molar-refractivity contribution in [3.63, 3.8) is 0 Å². The van der Waals surface area contributed by atoms with E-state index in [1.807, 2.05) is 0 Å². The van der Waals surface area contributed by atoms with Gasteiger partial charge in [-0.15, -0.1) is 0 Å². The van der Waals surface area contributed by atoms with Crippen LogP contribution in [-0.2, 0) is 24.5 Å². The summed E-state index contributed by atoms with van der Waals surface area (Å²) in [5.41, 5.74) is 0. The van der Waals surface area contributed by atoms with Gasteiger partial charge in [0.1, 0.15) is 6.04 Å². The van der Waals surface area contributed by atoms with Crippen molar-refractivity contribution >= 4 is 16.2 Å². The lowest BCUT2D eigenvalue weighted by Gasteiger charge is -2.33. The average molecular weight is 320 g/mol. The van der Waals surface area contributed by atoms with Gasteiger partial charge in [-0.2, -0.15) is 17.4 Å². The van der Waals surface area contributed by atoms with E-state index in [0.29, 0.717) is 19.6 Å². The fourth-order valence-corrected chi connectivity index (χ4v) is 4.21. The first-order valence-corrected chi connectivity index (χ1v) is 9.03. The summed E-state index contributed by atoms with van der Waals surface area (Å²) in [4.78, 5) is 11.9. The Bertz CT molecular complexity index is 447. The van der Waals surface area contributed by atoms with Crippen LogP contribution in [-0.4, -0.2) is 57.1 Å². The molecule has 2 fully saturated rings. The second-order valence-corrected chi connectivity index (χ2v) is 7.07. The second kappa shape index (κ2) is 7.53. The molecule has 0 aliphatic carbocycles. The lowest BCUT2D eigenvalue weighted by Crippen LogP contribution is -2.53. The molecule has 1 N–H and O–H groups in total. The molecular weight excluding hydrogens is 296 g/mol. The van der Waals surface area contributed by atoms with Gasteiger partial charge in [0.15, 0.2) is 0 Å². The van der Waals surface area contributed by atoms with Crippen molar-refractivity contribution in [2.45, 2.75) is 51.2 Å². The number of nitrogens with one attached hydrogen (secondary N) is 1. The molecule has 0 aromatic heterocycles. The Morgan fingerprint density at radius 1 is 1.33 bits per heavy atom. The monoisotopic (exact) mass is 320 g/mol. The number of carbonyl (C=O) groups excluding carboxylic acids is 1. The van der Waals surface area contributed by atoms with Crippen LogP contribution >= 0.6 is 0 Å². The minimum absolute atomic E-state index is 0.0643. The zero-order chi connectivity index (χ0) is 15.3. The normalized spacial score (nSPS) is 27.7. The second-order valence-electron chi connectivity index (χ2n) is 5.36. The molecule has 2 atom stereocenters. The molecule has 122 valence electrons. The minimum atomic E-state index is -3.68. The van der Waals surface area contributed by atoms with Gasteiger partial charge in [0.25, 0.3) is 10.2 Å². The highest BCUT2D eigenvalue weighted by atomic mass is 32.2. The summed E-state index contributed by atoms with van der Waals surface area (Å²) in [6.45, 7) is 3.27. The van der Waals surface area contributed by atoms with Crippen molar-refractivity contribution < 1.29 is 22.7 Å². The molecule has 2 aliphatic rings. The van der Waals surface area contributed by atoms with Gasteiger partial charge in [-0.25, -0.2) is 0 Å². The van der Waals surface area contributed by atoms with Gasteiger partial charge >= 0.3 is 5.97 Å². The molecule has 21 heavy (non-hydrogen) atoms. The number of hydrogen-bond acceptors (Lipinski definition) is 5. The van der Waals surface area contributed by atoms with E-state index < -0.39 is 22.2 Å². The molecule has 2 heterocycles. The van der Waals surface area contributed by atoms with Gasteiger partial charge < -0.3 is 9.47 Å². The van der Waals surface area contributed by atoms with Gasteiger partial charge in [-0.05, 0) is 39.0 Å². The smallest absolute Gasteiger partial charge is 0.324 e. The summed E-state index contributed by atoms with van der Waals surface area (Å²) < 4.78 is 39.0. The van der Waals surface area contributed by atoms with E-state index >= 15 is 0 Å². The number of ether oxygens (including phenoxy) is 2. The Morgan fingerprint density at radius 2 is 2.14 bits per heavy atom. The van der Waals surface area contributed by atoms with Gasteiger partial charge in [-0.1, -0.05) is 0 Å². The van der Waals surface area contributed by atoms with Crippen LogP contribution in [0.3, 0.4) is 0 Å². The summed E-state index contributed by atoms with van der Waals surface area (Å²) in [6, 6.07) is -0.708. The summed E-state index contributed by atoms with van der Waals surface area (Å²) in [6.07, 6.45) is 3.87. The van der Waals surface area contributed by atoms with Crippen LogP contribution in [0.4, 0.5) is 0 Å². The van der Waals surface area contributed by atoms with Crippen LogP contribution in [0.5, 0.6) is 0 Å². The van der Waals surface area contributed by atoms with Crippen molar-refractivity contribution in [3.8, 4) is 0 Å². The average Bonchev–Trinajstić information content (AvgIpc) is 2.99. The van der Waals surface area contributed by atoms with Crippen LogP contribution in [0, 0.1) is 0 Å². The SMILES string of the molecule is CCOC(=O)C1CCCCN1S(=O)(=O)NCC1CCCO1. The van der Waals surface area contributed by atoms with Gasteiger partial charge in [0.2, 0.25) is 0 Å². The van der Waals surface area contributed by atoms with Crippen LogP contribution in [0.25, 0.3) is 0 Å². The third kappa shape index (κ3) is 4.38. The molecule has 0 amide bonds. The molecule has 7 nitrogen and oxygen atoms in total. The fraction of sp³-hybridized carbons (Fsp3) is 0.923. The lowest BCUT2D eigenvalue weighted by molar-refractivity contribution is -0.148. The van der Waals surface area contributed by atoms with Crippen LogP contribution < -0.4 is 4.72 Å². The van der Waals surface area contributed by atoms with Crippen molar-refractivity contribution in [1.82, 2.24) is 9.03 Å². The third-order valence-corrected chi connectivity index (χ3v) is 5.42. The standard InChI is InChI=1S/C13H24N2O5S/c1-2-19-13(16)12-7-3-4-8-15(12)21(17,18)14-10-11-6-5-9-20-11/h11-12,14H,2-10H2,1H3. The number of rotatable bonds is 6. The first-order chi connectivity index (χ1) is 10.0. The molecule has 0 aromatic rings. The summed E-state index contributed by atoms with van der Waals surface area (Å²) in [5.74, 6) is -0.459. The Labute approximate surface area is 126 Å². The maximum absolute atomic E-state index is 12.4. The first-order valence-electron chi connectivity index (χ1n) is 7.59. The van der Waals surface area contributed by atoms with E-state index in [0.717, 1.165) is 25.7 Å². The van der Waals surface area contributed by atoms with Crippen molar-refractivity contribution in [2.24, 2.45) is 0 Å². The van der Waals surface area contributed by atoms with Crippen molar-refractivity contribution in [3.05, 3.63) is 0 Å². The molecule has 0 radical (unpaired) electrons. The quantitative estimate of drug-likeness (QED) is 0.717. The zero-order valence-corrected chi connectivity index (χ0v) is 13.2. The maximum Gasteiger partial charge on any atom is 0.324 e. The highest BCUT2D eigenvalue weighted by Gasteiger charge is 2.37. The van der Waals surface area contributed by atoms with E-state index in [1.165, 1.54) is 4.31 Å². The Kier molecular flexibility index (Phi) is 5.98. The highest BCUT2D eigenvalue weighted by Crippen LogP contribution is 2.21. The van der Waals surface area contributed by atoms with E-state index in [1.54, 1.807) is 6.92 Å². The third-order valence-electron chi connectivity index (χ3n) is 3.84. The van der Waals surface area contributed by atoms with Crippen molar-refractivity contribution in [2.75, 3.05) is 26.3 Å². The fourth-order valence-electron chi connectivity index (χ4n) is 2.75. The first kappa shape index (κ1) is 16.7. The zero-order valence-electron chi connectivity index (χ0n) is 12.4. The van der Waals surface area contributed by atoms with E-state index in [4.69, 9.17) is 9.47 Å².